The summed E-state index contributed by atoms with van der Waals surface area (Å²) in [5, 5.41) is 0. The SMILES string of the molecule is NC(c1cc(F)c(F)cc1F)C(F)F. The number of rotatable bonds is 2. The minimum absolute atomic E-state index is 0.187. The van der Waals surface area contributed by atoms with Crippen molar-refractivity contribution in [1.82, 2.24) is 0 Å². The first-order valence-corrected chi connectivity index (χ1v) is 3.61. The van der Waals surface area contributed by atoms with Gasteiger partial charge in [-0.3, -0.25) is 0 Å². The van der Waals surface area contributed by atoms with Crippen LogP contribution in [0.5, 0.6) is 0 Å². The molecule has 1 nitrogen and oxygen atoms in total. The Morgan fingerprint density at radius 2 is 1.43 bits per heavy atom. The smallest absolute Gasteiger partial charge is 0.257 e. The molecule has 0 bridgehead atoms. The summed E-state index contributed by atoms with van der Waals surface area (Å²) in [7, 11) is 0. The molecule has 0 radical (unpaired) electrons. The minimum atomic E-state index is -3.03. The van der Waals surface area contributed by atoms with E-state index < -0.39 is 35.5 Å². The van der Waals surface area contributed by atoms with E-state index in [0.717, 1.165) is 0 Å². The van der Waals surface area contributed by atoms with Gasteiger partial charge in [-0.1, -0.05) is 0 Å². The van der Waals surface area contributed by atoms with Crippen LogP contribution in [0.1, 0.15) is 11.6 Å². The zero-order valence-electron chi connectivity index (χ0n) is 6.78. The predicted molar refractivity (Wildman–Crippen MR) is 39.2 cm³/mol. The fourth-order valence-corrected chi connectivity index (χ4v) is 0.929. The summed E-state index contributed by atoms with van der Waals surface area (Å²) < 4.78 is 61.8. The summed E-state index contributed by atoms with van der Waals surface area (Å²) in [5.41, 5.74) is 4.14. The van der Waals surface area contributed by atoms with Crippen LogP contribution in [0.25, 0.3) is 0 Å². The first-order chi connectivity index (χ1) is 6.43. The van der Waals surface area contributed by atoms with Gasteiger partial charge in [-0.05, 0) is 6.07 Å². The van der Waals surface area contributed by atoms with E-state index in [1.165, 1.54) is 0 Å². The molecule has 0 saturated carbocycles. The Hall–Kier alpha value is -1.17. The fraction of sp³-hybridized carbons (Fsp3) is 0.250. The van der Waals surface area contributed by atoms with Crippen molar-refractivity contribution in [3.05, 3.63) is 35.1 Å². The topological polar surface area (TPSA) is 26.0 Å². The van der Waals surface area contributed by atoms with Crippen LogP contribution < -0.4 is 5.73 Å². The zero-order chi connectivity index (χ0) is 10.9. The van der Waals surface area contributed by atoms with Crippen molar-refractivity contribution in [2.45, 2.75) is 12.5 Å². The maximum Gasteiger partial charge on any atom is 0.257 e. The third-order valence-corrected chi connectivity index (χ3v) is 1.67. The second-order valence-electron chi connectivity index (χ2n) is 2.65. The maximum atomic E-state index is 12.8. The molecule has 1 unspecified atom stereocenters. The van der Waals surface area contributed by atoms with Crippen molar-refractivity contribution in [1.29, 1.82) is 0 Å². The third kappa shape index (κ3) is 2.01. The van der Waals surface area contributed by atoms with Crippen molar-refractivity contribution in [3.63, 3.8) is 0 Å². The van der Waals surface area contributed by atoms with Crippen LogP contribution in [0.4, 0.5) is 22.0 Å². The highest BCUT2D eigenvalue weighted by molar-refractivity contribution is 5.23. The molecular formula is C8H6F5N. The Morgan fingerprint density at radius 3 is 1.93 bits per heavy atom. The molecule has 0 spiro atoms. The maximum absolute atomic E-state index is 12.8. The van der Waals surface area contributed by atoms with E-state index in [9.17, 15) is 22.0 Å². The fourth-order valence-electron chi connectivity index (χ4n) is 0.929. The van der Waals surface area contributed by atoms with Gasteiger partial charge in [-0.2, -0.15) is 0 Å². The van der Waals surface area contributed by atoms with Gasteiger partial charge in [0.2, 0.25) is 0 Å². The quantitative estimate of drug-likeness (QED) is 0.589. The Labute approximate surface area is 76.3 Å². The molecule has 0 aliphatic heterocycles. The lowest BCUT2D eigenvalue weighted by atomic mass is 10.1. The first-order valence-electron chi connectivity index (χ1n) is 3.61. The van der Waals surface area contributed by atoms with Gasteiger partial charge >= 0.3 is 0 Å². The van der Waals surface area contributed by atoms with Gasteiger partial charge in [0.05, 0.1) is 6.04 Å². The van der Waals surface area contributed by atoms with Crippen LogP contribution >= 0.6 is 0 Å². The van der Waals surface area contributed by atoms with Crippen molar-refractivity contribution in [2.75, 3.05) is 0 Å². The summed E-state index contributed by atoms with van der Waals surface area (Å²) in [4.78, 5) is 0. The molecule has 14 heavy (non-hydrogen) atoms. The van der Waals surface area contributed by atoms with Crippen LogP contribution in [-0.4, -0.2) is 6.43 Å². The van der Waals surface area contributed by atoms with Crippen LogP contribution in [0.15, 0.2) is 12.1 Å². The van der Waals surface area contributed by atoms with Crippen molar-refractivity contribution < 1.29 is 22.0 Å². The number of benzene rings is 1. The van der Waals surface area contributed by atoms with Crippen LogP contribution in [0.2, 0.25) is 0 Å². The van der Waals surface area contributed by atoms with Crippen LogP contribution in [0.3, 0.4) is 0 Å². The van der Waals surface area contributed by atoms with Gasteiger partial charge in [-0.25, -0.2) is 22.0 Å². The molecule has 0 saturated heterocycles. The normalized spacial score (nSPS) is 13.4. The highest BCUT2D eigenvalue weighted by atomic mass is 19.3. The molecule has 6 heteroatoms. The minimum Gasteiger partial charge on any atom is -0.319 e. The standard InChI is InChI=1S/C8H6F5N/c9-4-2-6(11)5(10)1-3(4)7(14)8(12)13/h1-2,7-8H,14H2. The lowest BCUT2D eigenvalue weighted by Gasteiger charge is -2.11. The van der Waals surface area contributed by atoms with E-state index in [4.69, 9.17) is 5.73 Å². The molecular weight excluding hydrogens is 205 g/mol. The van der Waals surface area contributed by atoms with E-state index in [1.54, 1.807) is 0 Å². The average Bonchev–Trinajstić information content (AvgIpc) is 2.10. The number of nitrogens with two attached hydrogens (primary N) is 1. The number of alkyl halides is 2. The van der Waals surface area contributed by atoms with E-state index in [0.29, 0.717) is 6.07 Å². The molecule has 1 aromatic rings. The van der Waals surface area contributed by atoms with Gasteiger partial charge in [0.1, 0.15) is 5.82 Å². The summed E-state index contributed by atoms with van der Waals surface area (Å²) >= 11 is 0. The number of hydrogen-bond donors (Lipinski definition) is 1. The molecule has 1 aromatic carbocycles. The van der Waals surface area contributed by atoms with Crippen LogP contribution in [-0.2, 0) is 0 Å². The second-order valence-corrected chi connectivity index (χ2v) is 2.65. The number of hydrogen-bond acceptors (Lipinski definition) is 1. The van der Waals surface area contributed by atoms with Crippen molar-refractivity contribution >= 4 is 0 Å². The largest absolute Gasteiger partial charge is 0.319 e. The summed E-state index contributed by atoms with van der Waals surface area (Å²) in [6.45, 7) is 0. The number of halogens is 5. The molecule has 0 heterocycles. The summed E-state index contributed by atoms with van der Waals surface area (Å²) in [6, 6.07) is -1.43. The third-order valence-electron chi connectivity index (χ3n) is 1.67. The van der Waals surface area contributed by atoms with Crippen LogP contribution in [0, 0.1) is 17.5 Å². The van der Waals surface area contributed by atoms with Crippen molar-refractivity contribution in [3.8, 4) is 0 Å². The molecule has 0 aliphatic carbocycles. The molecule has 0 amide bonds. The monoisotopic (exact) mass is 211 g/mol. The van der Waals surface area contributed by atoms with E-state index in [2.05, 4.69) is 0 Å². The van der Waals surface area contributed by atoms with Gasteiger partial charge < -0.3 is 5.73 Å². The van der Waals surface area contributed by atoms with Gasteiger partial charge in [0.15, 0.2) is 11.6 Å². The Bertz CT molecular complexity index is 339. The highest BCUT2D eigenvalue weighted by Crippen LogP contribution is 2.23. The molecule has 0 aromatic heterocycles. The van der Waals surface area contributed by atoms with Gasteiger partial charge in [-0.15, -0.1) is 0 Å². The molecule has 1 rings (SSSR count). The van der Waals surface area contributed by atoms with E-state index >= 15 is 0 Å². The Balaban J connectivity index is 3.15. The van der Waals surface area contributed by atoms with Gasteiger partial charge in [0, 0.05) is 11.6 Å². The molecule has 0 aliphatic rings. The summed E-state index contributed by atoms with van der Waals surface area (Å²) in [5.74, 6) is -4.12. The molecule has 0 fully saturated rings. The molecule has 78 valence electrons. The highest BCUT2D eigenvalue weighted by Gasteiger charge is 2.22. The van der Waals surface area contributed by atoms with E-state index in [-0.39, 0.29) is 6.07 Å². The second kappa shape index (κ2) is 3.91. The first kappa shape index (κ1) is 10.9. The van der Waals surface area contributed by atoms with Gasteiger partial charge in [0.25, 0.3) is 6.43 Å². The van der Waals surface area contributed by atoms with Crippen molar-refractivity contribution in [2.24, 2.45) is 5.73 Å². The van der Waals surface area contributed by atoms with E-state index in [1.807, 2.05) is 0 Å². The lowest BCUT2D eigenvalue weighted by Crippen LogP contribution is -2.20. The Kier molecular flexibility index (Phi) is 3.05. The zero-order valence-corrected chi connectivity index (χ0v) is 6.78. The lowest BCUT2D eigenvalue weighted by molar-refractivity contribution is 0.114. The molecule has 2 N–H and O–H groups in total. The predicted octanol–water partition coefficient (Wildman–Crippen LogP) is 2.37. The average molecular weight is 211 g/mol. The molecule has 1 atom stereocenters. The Morgan fingerprint density at radius 1 is 0.929 bits per heavy atom. The summed E-state index contributed by atoms with van der Waals surface area (Å²) in [6.07, 6.45) is -3.03.